The molecule has 0 amide bonds. The highest BCUT2D eigenvalue weighted by molar-refractivity contribution is 5.75. The minimum absolute atomic E-state index is 0.0652. The van der Waals surface area contributed by atoms with Gasteiger partial charge in [0, 0.05) is 11.9 Å². The fourth-order valence-electron chi connectivity index (χ4n) is 5.23. The second-order valence-electron chi connectivity index (χ2n) is 10.9. The van der Waals surface area contributed by atoms with E-state index >= 15 is 0 Å². The lowest BCUT2D eigenvalue weighted by atomic mass is 9.85. The van der Waals surface area contributed by atoms with E-state index in [-0.39, 0.29) is 30.0 Å². The lowest BCUT2D eigenvalue weighted by Crippen LogP contribution is -2.21. The van der Waals surface area contributed by atoms with Crippen molar-refractivity contribution < 1.29 is 38.7 Å². The molecule has 0 bridgehead atoms. The van der Waals surface area contributed by atoms with Crippen LogP contribution in [0.25, 0.3) is 0 Å². The number of esters is 1. The number of phenols is 1. The van der Waals surface area contributed by atoms with Crippen molar-refractivity contribution >= 4 is 11.9 Å². The zero-order valence-corrected chi connectivity index (χ0v) is 25.8. The molecule has 42 heavy (non-hydrogen) atoms. The summed E-state index contributed by atoms with van der Waals surface area (Å²) in [6.07, 6.45) is 13.8. The number of aliphatic carboxylic acids is 1. The van der Waals surface area contributed by atoms with Gasteiger partial charge in [0.25, 0.3) is 0 Å². The number of carbonyl (C=O) groups is 2. The molecule has 2 aromatic carbocycles. The summed E-state index contributed by atoms with van der Waals surface area (Å²) in [5.74, 6) is 0.546. The van der Waals surface area contributed by atoms with Crippen LogP contribution in [0.3, 0.4) is 0 Å². The molecule has 0 aliphatic carbocycles. The van der Waals surface area contributed by atoms with Gasteiger partial charge in [0.1, 0.15) is 0 Å². The zero-order chi connectivity index (χ0) is 30.7. The third-order valence-electron chi connectivity index (χ3n) is 7.69. The van der Waals surface area contributed by atoms with Crippen LogP contribution in [0.4, 0.5) is 0 Å². The van der Waals surface area contributed by atoms with Gasteiger partial charge in [-0.1, -0.05) is 76.8 Å². The molecule has 2 aromatic rings. The number of carbonyl (C=O) groups excluding carboxylic acids is 2. The number of carboxylic acids is 1. The molecule has 8 nitrogen and oxygen atoms in total. The summed E-state index contributed by atoms with van der Waals surface area (Å²) in [4.78, 5) is 22.4. The quantitative estimate of drug-likeness (QED) is 0.166. The van der Waals surface area contributed by atoms with Crippen LogP contribution in [0.5, 0.6) is 23.0 Å². The summed E-state index contributed by atoms with van der Waals surface area (Å²) in [7, 11) is 4.70. The fraction of sp³-hybridized carbons (Fsp3) is 0.588. The molecule has 0 unspecified atom stereocenters. The first-order valence-corrected chi connectivity index (χ1v) is 15.3. The van der Waals surface area contributed by atoms with Crippen LogP contribution in [0.2, 0.25) is 0 Å². The van der Waals surface area contributed by atoms with E-state index in [1.165, 1.54) is 58.5 Å². The maximum atomic E-state index is 12.3. The maximum Gasteiger partial charge on any atom is 0.309 e. The Morgan fingerprint density at radius 3 is 1.95 bits per heavy atom. The highest BCUT2D eigenvalue weighted by Crippen LogP contribution is 2.34. The third-order valence-corrected chi connectivity index (χ3v) is 7.69. The second-order valence-corrected chi connectivity index (χ2v) is 10.9. The van der Waals surface area contributed by atoms with Gasteiger partial charge in [-0.3, -0.25) is 4.79 Å². The Labute approximate surface area is 251 Å². The van der Waals surface area contributed by atoms with E-state index in [0.717, 1.165) is 24.0 Å². The highest BCUT2D eigenvalue weighted by Gasteiger charge is 2.37. The van der Waals surface area contributed by atoms with Gasteiger partial charge in [-0.05, 0) is 61.1 Å². The van der Waals surface area contributed by atoms with E-state index in [2.05, 4.69) is 6.92 Å². The van der Waals surface area contributed by atoms with Crippen LogP contribution < -0.4 is 19.3 Å². The van der Waals surface area contributed by atoms with Crippen LogP contribution in [0.15, 0.2) is 36.4 Å². The first kappa shape index (κ1) is 34.8. The summed E-state index contributed by atoms with van der Waals surface area (Å²) < 4.78 is 21.1. The zero-order valence-electron chi connectivity index (χ0n) is 25.8. The SMILES string of the molecule is CCCCCCCCCCCCC(=O)[O-].COc1cc(C[C@H]2C(=O)OC[C@@H]2Cc2ccc(OC)c(OC)c2)ccc1O. The molecule has 0 aromatic heterocycles. The van der Waals surface area contributed by atoms with Crippen LogP contribution >= 0.6 is 0 Å². The highest BCUT2D eigenvalue weighted by atomic mass is 16.5. The van der Waals surface area contributed by atoms with Crippen molar-refractivity contribution in [2.24, 2.45) is 11.8 Å². The number of unbranched alkanes of at least 4 members (excludes halogenated alkanes) is 9. The van der Waals surface area contributed by atoms with Crippen molar-refractivity contribution in [3.8, 4) is 23.0 Å². The molecule has 234 valence electrons. The lowest BCUT2D eigenvalue weighted by Gasteiger charge is -2.17. The molecule has 1 aliphatic rings. The average Bonchev–Trinajstić information content (AvgIpc) is 3.33. The first-order valence-electron chi connectivity index (χ1n) is 15.3. The van der Waals surface area contributed by atoms with Crippen molar-refractivity contribution in [3.05, 3.63) is 47.5 Å². The molecule has 1 saturated heterocycles. The molecule has 0 radical (unpaired) electrons. The largest absolute Gasteiger partial charge is 0.550 e. The Morgan fingerprint density at radius 2 is 1.36 bits per heavy atom. The molecular formula is C34H49O8-. The number of methoxy groups -OCH3 is 3. The van der Waals surface area contributed by atoms with E-state index in [0.29, 0.717) is 36.7 Å². The van der Waals surface area contributed by atoms with E-state index < -0.39 is 5.97 Å². The number of hydrogen-bond acceptors (Lipinski definition) is 8. The van der Waals surface area contributed by atoms with Gasteiger partial charge in [-0.15, -0.1) is 0 Å². The number of phenolic OH excluding ortho intramolecular Hbond substituents is 1. The van der Waals surface area contributed by atoms with Crippen molar-refractivity contribution in [3.63, 3.8) is 0 Å². The van der Waals surface area contributed by atoms with E-state index in [9.17, 15) is 19.8 Å². The van der Waals surface area contributed by atoms with Crippen molar-refractivity contribution in [1.29, 1.82) is 0 Å². The Hall–Kier alpha value is -3.42. The van der Waals surface area contributed by atoms with Gasteiger partial charge in [0.05, 0.1) is 33.9 Å². The lowest BCUT2D eigenvalue weighted by molar-refractivity contribution is -0.305. The number of aromatic hydroxyl groups is 1. The Balaban J connectivity index is 0.000000351. The molecule has 3 rings (SSSR count). The van der Waals surface area contributed by atoms with Gasteiger partial charge >= 0.3 is 5.97 Å². The molecule has 2 atom stereocenters. The molecule has 8 heteroatoms. The summed E-state index contributed by atoms with van der Waals surface area (Å²) in [5.41, 5.74) is 1.98. The molecule has 1 fully saturated rings. The van der Waals surface area contributed by atoms with Crippen LogP contribution in [-0.2, 0) is 27.2 Å². The van der Waals surface area contributed by atoms with Gasteiger partial charge < -0.3 is 34.0 Å². The minimum Gasteiger partial charge on any atom is -0.550 e. The number of carboxylic acid groups (broad SMARTS) is 1. The predicted octanol–water partition coefficient (Wildman–Crippen LogP) is 6.04. The van der Waals surface area contributed by atoms with E-state index in [4.69, 9.17) is 18.9 Å². The summed E-state index contributed by atoms with van der Waals surface area (Å²) >= 11 is 0. The number of cyclic esters (lactones) is 1. The fourth-order valence-corrected chi connectivity index (χ4v) is 5.23. The summed E-state index contributed by atoms with van der Waals surface area (Å²) in [6.45, 7) is 2.63. The Morgan fingerprint density at radius 1 is 0.810 bits per heavy atom. The first-order chi connectivity index (χ1) is 20.3. The smallest absolute Gasteiger partial charge is 0.309 e. The van der Waals surface area contributed by atoms with Crippen molar-refractivity contribution in [2.45, 2.75) is 90.4 Å². The number of ether oxygens (including phenoxy) is 4. The molecule has 1 aliphatic heterocycles. The molecule has 0 spiro atoms. The summed E-state index contributed by atoms with van der Waals surface area (Å²) in [6, 6.07) is 10.9. The number of hydrogen-bond donors (Lipinski definition) is 1. The molecular weight excluding hydrogens is 536 g/mol. The number of benzene rings is 2. The Bertz CT molecular complexity index is 1080. The van der Waals surface area contributed by atoms with E-state index in [1.807, 2.05) is 18.2 Å². The van der Waals surface area contributed by atoms with Crippen molar-refractivity contribution in [2.75, 3.05) is 27.9 Å². The van der Waals surface area contributed by atoms with Crippen LogP contribution in [0, 0.1) is 11.8 Å². The third kappa shape index (κ3) is 12.2. The average molecular weight is 586 g/mol. The maximum absolute atomic E-state index is 12.3. The monoisotopic (exact) mass is 585 g/mol. The minimum atomic E-state index is -0.908. The van der Waals surface area contributed by atoms with Gasteiger partial charge in [-0.2, -0.15) is 0 Å². The second kappa shape index (κ2) is 19.7. The van der Waals surface area contributed by atoms with Crippen molar-refractivity contribution in [1.82, 2.24) is 0 Å². The van der Waals surface area contributed by atoms with Crippen LogP contribution in [-0.4, -0.2) is 45.0 Å². The Kier molecular flexibility index (Phi) is 16.3. The standard InChI is InChI=1S/C21H24O6.C13H26O2/c1-24-18-7-5-13(11-20(18)26-3)8-15-12-27-21(23)16(15)9-14-4-6-17(22)19(10-14)25-2;1-2-3-4-5-6-7-8-9-10-11-12-13(14)15/h4-7,10-11,15-16,22H,8-9,12H2,1-3H3;2-12H2,1H3,(H,14,15)/p-1/t15-,16+;/m0./s1. The predicted molar refractivity (Wildman–Crippen MR) is 161 cm³/mol. The topological polar surface area (TPSA) is 114 Å². The number of rotatable bonds is 18. The van der Waals surface area contributed by atoms with E-state index in [1.54, 1.807) is 32.4 Å². The molecule has 1 N–H and O–H groups in total. The van der Waals surface area contributed by atoms with Crippen LogP contribution in [0.1, 0.15) is 88.7 Å². The normalized spacial score (nSPS) is 15.9. The summed E-state index contributed by atoms with van der Waals surface area (Å²) in [5, 5.41) is 19.9. The van der Waals surface area contributed by atoms with Gasteiger partial charge in [-0.25, -0.2) is 0 Å². The molecule has 0 saturated carbocycles. The molecule has 1 heterocycles. The van der Waals surface area contributed by atoms with Gasteiger partial charge in [0.15, 0.2) is 23.0 Å². The van der Waals surface area contributed by atoms with Gasteiger partial charge in [0.2, 0.25) is 0 Å².